The second kappa shape index (κ2) is 6.52. The van der Waals surface area contributed by atoms with E-state index in [1.54, 1.807) is 4.90 Å². The number of carbonyl (C=O) groups is 1. The Labute approximate surface area is 111 Å². The SMILES string of the molecule is O=C(CCOc1ccc(F)cc1)N1CCC[C@@H]1CO. The summed E-state index contributed by atoms with van der Waals surface area (Å²) in [4.78, 5) is 13.7. The highest BCUT2D eigenvalue weighted by Gasteiger charge is 2.27. The number of hydrogen-bond acceptors (Lipinski definition) is 3. The molecule has 4 nitrogen and oxygen atoms in total. The molecule has 0 bridgehead atoms. The van der Waals surface area contributed by atoms with Gasteiger partial charge in [-0.1, -0.05) is 0 Å². The van der Waals surface area contributed by atoms with Crippen molar-refractivity contribution in [2.24, 2.45) is 0 Å². The molecule has 0 radical (unpaired) electrons. The van der Waals surface area contributed by atoms with E-state index in [-0.39, 0.29) is 37.4 Å². The molecule has 1 aliphatic heterocycles. The van der Waals surface area contributed by atoms with E-state index in [4.69, 9.17) is 9.84 Å². The Bertz CT molecular complexity index is 421. The second-order valence-corrected chi connectivity index (χ2v) is 4.62. The van der Waals surface area contributed by atoms with Gasteiger partial charge in [0.2, 0.25) is 5.91 Å². The summed E-state index contributed by atoms with van der Waals surface area (Å²) in [7, 11) is 0. The third-order valence-corrected chi connectivity index (χ3v) is 3.31. The first-order chi connectivity index (χ1) is 9.20. The maximum atomic E-state index is 12.7. The Morgan fingerprint density at radius 1 is 1.42 bits per heavy atom. The molecule has 1 aromatic carbocycles. The molecule has 1 aromatic rings. The monoisotopic (exact) mass is 267 g/mol. The van der Waals surface area contributed by atoms with Crippen LogP contribution in [-0.2, 0) is 4.79 Å². The van der Waals surface area contributed by atoms with E-state index in [2.05, 4.69) is 0 Å². The Morgan fingerprint density at radius 2 is 2.16 bits per heavy atom. The molecular weight excluding hydrogens is 249 g/mol. The summed E-state index contributed by atoms with van der Waals surface area (Å²) in [6.07, 6.45) is 2.07. The van der Waals surface area contributed by atoms with Crippen LogP contribution in [0.15, 0.2) is 24.3 Å². The van der Waals surface area contributed by atoms with Crippen molar-refractivity contribution in [2.45, 2.75) is 25.3 Å². The van der Waals surface area contributed by atoms with Gasteiger partial charge in [0.15, 0.2) is 0 Å². The van der Waals surface area contributed by atoms with Crippen molar-refractivity contribution in [3.8, 4) is 5.75 Å². The van der Waals surface area contributed by atoms with Crippen molar-refractivity contribution in [1.82, 2.24) is 4.90 Å². The molecule has 19 heavy (non-hydrogen) atoms. The number of carbonyl (C=O) groups excluding carboxylic acids is 1. The third-order valence-electron chi connectivity index (χ3n) is 3.31. The van der Waals surface area contributed by atoms with Crippen molar-refractivity contribution in [1.29, 1.82) is 0 Å². The van der Waals surface area contributed by atoms with Crippen LogP contribution in [0.25, 0.3) is 0 Å². The number of aliphatic hydroxyl groups is 1. The summed E-state index contributed by atoms with van der Waals surface area (Å²) in [6.45, 7) is 0.990. The number of rotatable bonds is 5. The summed E-state index contributed by atoms with van der Waals surface area (Å²) in [5.41, 5.74) is 0. The summed E-state index contributed by atoms with van der Waals surface area (Å²) in [5.74, 6) is 0.235. The predicted octanol–water partition coefficient (Wildman–Crippen LogP) is 1.58. The number of halogens is 1. The quantitative estimate of drug-likeness (QED) is 0.881. The fourth-order valence-electron chi connectivity index (χ4n) is 2.28. The van der Waals surface area contributed by atoms with Crippen LogP contribution in [-0.4, -0.2) is 41.7 Å². The largest absolute Gasteiger partial charge is 0.493 e. The van der Waals surface area contributed by atoms with E-state index < -0.39 is 0 Å². The lowest BCUT2D eigenvalue weighted by Gasteiger charge is -2.23. The van der Waals surface area contributed by atoms with E-state index in [0.29, 0.717) is 12.3 Å². The Hall–Kier alpha value is -1.62. The maximum Gasteiger partial charge on any atom is 0.226 e. The lowest BCUT2D eigenvalue weighted by molar-refractivity contribution is -0.133. The molecule has 0 unspecified atom stereocenters. The standard InChI is InChI=1S/C14H18FNO3/c15-11-3-5-13(6-4-11)19-9-7-14(18)16-8-1-2-12(16)10-17/h3-6,12,17H,1-2,7-10H2/t12-/m1/s1. The van der Waals surface area contributed by atoms with E-state index in [1.807, 2.05) is 0 Å². The van der Waals surface area contributed by atoms with Gasteiger partial charge in [-0.3, -0.25) is 4.79 Å². The van der Waals surface area contributed by atoms with Gasteiger partial charge in [0.25, 0.3) is 0 Å². The van der Waals surface area contributed by atoms with Crippen molar-refractivity contribution < 1.29 is 19.0 Å². The van der Waals surface area contributed by atoms with Crippen LogP contribution >= 0.6 is 0 Å². The molecule has 0 saturated carbocycles. The molecule has 1 atom stereocenters. The number of benzene rings is 1. The van der Waals surface area contributed by atoms with Crippen molar-refractivity contribution in [3.63, 3.8) is 0 Å². The maximum absolute atomic E-state index is 12.7. The van der Waals surface area contributed by atoms with Crippen molar-refractivity contribution in [3.05, 3.63) is 30.1 Å². The number of hydrogen-bond donors (Lipinski definition) is 1. The molecule has 1 fully saturated rings. The van der Waals surface area contributed by atoms with Gasteiger partial charge in [0.1, 0.15) is 11.6 Å². The molecule has 1 amide bonds. The molecule has 1 heterocycles. The minimum atomic E-state index is -0.314. The van der Waals surface area contributed by atoms with Crippen LogP contribution in [0.4, 0.5) is 4.39 Å². The first-order valence-electron chi connectivity index (χ1n) is 6.49. The van der Waals surface area contributed by atoms with Gasteiger partial charge in [0, 0.05) is 6.54 Å². The van der Waals surface area contributed by atoms with E-state index in [1.165, 1.54) is 24.3 Å². The van der Waals surface area contributed by atoms with Gasteiger partial charge in [-0.2, -0.15) is 0 Å². The third kappa shape index (κ3) is 3.67. The average Bonchev–Trinajstić information content (AvgIpc) is 2.89. The van der Waals surface area contributed by atoms with Gasteiger partial charge in [-0.15, -0.1) is 0 Å². The van der Waals surface area contributed by atoms with Gasteiger partial charge >= 0.3 is 0 Å². The average molecular weight is 267 g/mol. The zero-order valence-electron chi connectivity index (χ0n) is 10.7. The van der Waals surface area contributed by atoms with Crippen LogP contribution in [0.2, 0.25) is 0 Å². The smallest absolute Gasteiger partial charge is 0.226 e. The highest BCUT2D eigenvalue weighted by Crippen LogP contribution is 2.18. The van der Waals surface area contributed by atoms with Gasteiger partial charge in [-0.05, 0) is 37.1 Å². The topological polar surface area (TPSA) is 49.8 Å². The Morgan fingerprint density at radius 3 is 2.84 bits per heavy atom. The molecule has 1 N–H and O–H groups in total. The summed E-state index contributed by atoms with van der Waals surface area (Å²) in [5, 5.41) is 9.15. The lowest BCUT2D eigenvalue weighted by atomic mass is 10.2. The molecule has 0 spiro atoms. The fraction of sp³-hybridized carbons (Fsp3) is 0.500. The van der Waals surface area contributed by atoms with E-state index in [0.717, 1.165) is 12.8 Å². The molecule has 1 saturated heterocycles. The highest BCUT2D eigenvalue weighted by atomic mass is 19.1. The molecule has 0 aromatic heterocycles. The zero-order chi connectivity index (χ0) is 13.7. The highest BCUT2D eigenvalue weighted by molar-refractivity contribution is 5.77. The number of ether oxygens (including phenoxy) is 1. The Balaban J connectivity index is 1.76. The molecule has 1 aliphatic rings. The summed E-state index contributed by atoms with van der Waals surface area (Å²) < 4.78 is 18.1. The minimum Gasteiger partial charge on any atom is -0.493 e. The number of likely N-dealkylation sites (tertiary alicyclic amines) is 1. The zero-order valence-corrected chi connectivity index (χ0v) is 10.7. The van der Waals surface area contributed by atoms with Crippen LogP contribution in [0.1, 0.15) is 19.3 Å². The van der Waals surface area contributed by atoms with Gasteiger partial charge in [0.05, 0.1) is 25.7 Å². The van der Waals surface area contributed by atoms with Crippen LogP contribution in [0.5, 0.6) is 5.75 Å². The molecular formula is C14H18FNO3. The number of aliphatic hydroxyl groups excluding tert-OH is 1. The molecule has 0 aliphatic carbocycles. The lowest BCUT2D eigenvalue weighted by Crippen LogP contribution is -2.38. The molecule has 5 heteroatoms. The number of nitrogens with zero attached hydrogens (tertiary/aromatic N) is 1. The summed E-state index contributed by atoms with van der Waals surface area (Å²) in [6, 6.07) is 5.66. The normalized spacial score (nSPS) is 18.6. The second-order valence-electron chi connectivity index (χ2n) is 4.62. The van der Waals surface area contributed by atoms with Crippen molar-refractivity contribution >= 4 is 5.91 Å². The summed E-state index contributed by atoms with van der Waals surface area (Å²) >= 11 is 0. The van der Waals surface area contributed by atoms with E-state index >= 15 is 0 Å². The minimum absolute atomic E-state index is 0.00124. The van der Waals surface area contributed by atoms with Gasteiger partial charge < -0.3 is 14.7 Å². The molecule has 2 rings (SSSR count). The Kier molecular flexibility index (Phi) is 4.74. The van der Waals surface area contributed by atoms with Crippen LogP contribution < -0.4 is 4.74 Å². The fourth-order valence-corrected chi connectivity index (χ4v) is 2.28. The van der Waals surface area contributed by atoms with Gasteiger partial charge in [-0.25, -0.2) is 4.39 Å². The predicted molar refractivity (Wildman–Crippen MR) is 68.3 cm³/mol. The van der Waals surface area contributed by atoms with Crippen LogP contribution in [0.3, 0.4) is 0 Å². The first-order valence-corrected chi connectivity index (χ1v) is 6.49. The molecule has 104 valence electrons. The van der Waals surface area contributed by atoms with Crippen LogP contribution in [0, 0.1) is 5.82 Å². The first kappa shape index (κ1) is 13.8. The van der Waals surface area contributed by atoms with E-state index in [9.17, 15) is 9.18 Å². The number of amides is 1. The van der Waals surface area contributed by atoms with Crippen molar-refractivity contribution in [2.75, 3.05) is 19.8 Å².